The molecule has 0 saturated carbocycles. The molecule has 0 aromatic carbocycles. The van der Waals surface area contributed by atoms with E-state index < -0.39 is 0 Å². The Balaban J connectivity index is 1.82. The van der Waals surface area contributed by atoms with E-state index in [-0.39, 0.29) is 0 Å². The number of nitrogens with one attached hydrogen (secondary N) is 1. The molecule has 12 heavy (non-hydrogen) atoms. The number of rotatable bonds is 3. The lowest BCUT2D eigenvalue weighted by Crippen LogP contribution is -2.44. The van der Waals surface area contributed by atoms with Crippen LogP contribution in [0.3, 0.4) is 0 Å². The van der Waals surface area contributed by atoms with Crippen molar-refractivity contribution < 1.29 is 4.74 Å². The first-order chi connectivity index (χ1) is 5.79. The number of hydrogen-bond donors (Lipinski definition) is 1. The van der Waals surface area contributed by atoms with Gasteiger partial charge in [-0.3, -0.25) is 0 Å². The van der Waals surface area contributed by atoms with Crippen LogP contribution in [0.1, 0.15) is 6.92 Å². The Morgan fingerprint density at radius 2 is 2.58 bits per heavy atom. The molecule has 0 atom stereocenters. The summed E-state index contributed by atoms with van der Waals surface area (Å²) in [5.74, 6) is 0. The summed E-state index contributed by atoms with van der Waals surface area (Å²) < 4.78 is 8.90. The molecule has 0 spiro atoms. The van der Waals surface area contributed by atoms with Crippen molar-refractivity contribution in [1.29, 1.82) is 0 Å². The van der Waals surface area contributed by atoms with Gasteiger partial charge < -0.3 is 10.1 Å². The van der Waals surface area contributed by atoms with Crippen molar-refractivity contribution in [2.75, 3.05) is 25.1 Å². The van der Waals surface area contributed by atoms with Gasteiger partial charge in [0.1, 0.15) is 5.00 Å². The summed E-state index contributed by atoms with van der Waals surface area (Å²) in [6.45, 7) is 4.85. The lowest BCUT2D eigenvalue weighted by molar-refractivity contribution is -0.0924. The summed E-state index contributed by atoms with van der Waals surface area (Å²) in [4.78, 5) is 0. The Hall–Kier alpha value is -0.680. The van der Waals surface area contributed by atoms with Crippen molar-refractivity contribution >= 4 is 16.5 Å². The van der Waals surface area contributed by atoms with E-state index in [1.807, 2.05) is 0 Å². The molecule has 1 N–H and O–H groups in total. The molecule has 0 bridgehead atoms. The normalized spacial score (nSPS) is 20.1. The van der Waals surface area contributed by atoms with E-state index in [2.05, 4.69) is 21.8 Å². The van der Waals surface area contributed by atoms with Gasteiger partial charge in [0.15, 0.2) is 0 Å². The average molecular weight is 185 g/mol. The fourth-order valence-electron chi connectivity index (χ4n) is 1.10. The van der Waals surface area contributed by atoms with Gasteiger partial charge in [-0.2, -0.15) is 0 Å². The molecule has 1 fully saturated rings. The maximum absolute atomic E-state index is 5.14. The van der Waals surface area contributed by atoms with Gasteiger partial charge in [0, 0.05) is 23.5 Å². The molecule has 4 nitrogen and oxygen atoms in total. The summed E-state index contributed by atoms with van der Waals surface area (Å²) >= 11 is 1.39. The molecular formula is C7H11N3OS. The zero-order valence-corrected chi connectivity index (χ0v) is 7.73. The Morgan fingerprint density at radius 1 is 1.75 bits per heavy atom. The van der Waals surface area contributed by atoms with Crippen LogP contribution in [0.4, 0.5) is 5.00 Å². The van der Waals surface area contributed by atoms with Crippen molar-refractivity contribution in [1.82, 2.24) is 9.59 Å². The molecule has 1 aromatic heterocycles. The van der Waals surface area contributed by atoms with Gasteiger partial charge in [0.2, 0.25) is 0 Å². The molecule has 66 valence electrons. The molecule has 1 saturated heterocycles. The van der Waals surface area contributed by atoms with Gasteiger partial charge in [0.25, 0.3) is 0 Å². The van der Waals surface area contributed by atoms with E-state index in [4.69, 9.17) is 4.74 Å². The second kappa shape index (κ2) is 2.99. The van der Waals surface area contributed by atoms with E-state index in [0.717, 1.165) is 24.8 Å². The Labute approximate surface area is 75.1 Å². The van der Waals surface area contributed by atoms with Crippen LogP contribution in [0.5, 0.6) is 0 Å². The van der Waals surface area contributed by atoms with E-state index >= 15 is 0 Å². The number of hydrogen-bond acceptors (Lipinski definition) is 5. The van der Waals surface area contributed by atoms with Crippen LogP contribution in [0.2, 0.25) is 0 Å². The Morgan fingerprint density at radius 3 is 3.08 bits per heavy atom. The van der Waals surface area contributed by atoms with E-state index in [0.29, 0.717) is 5.41 Å². The van der Waals surface area contributed by atoms with Gasteiger partial charge >= 0.3 is 0 Å². The molecule has 0 radical (unpaired) electrons. The zero-order chi connectivity index (χ0) is 8.44. The topological polar surface area (TPSA) is 47.0 Å². The first kappa shape index (κ1) is 7.94. The predicted molar refractivity (Wildman–Crippen MR) is 47.3 cm³/mol. The highest BCUT2D eigenvalue weighted by Gasteiger charge is 2.32. The monoisotopic (exact) mass is 185 g/mol. The third-order valence-electron chi connectivity index (χ3n) is 1.95. The summed E-state index contributed by atoms with van der Waals surface area (Å²) in [5.41, 5.74) is 0.310. The SMILES string of the molecule is CC1(CNc2cnns2)COC1. The van der Waals surface area contributed by atoms with Crippen molar-refractivity contribution in [2.45, 2.75) is 6.92 Å². The van der Waals surface area contributed by atoms with E-state index in [9.17, 15) is 0 Å². The number of ether oxygens (including phenoxy) is 1. The van der Waals surface area contributed by atoms with Crippen LogP contribution < -0.4 is 5.32 Å². The van der Waals surface area contributed by atoms with Gasteiger partial charge in [-0.15, -0.1) is 5.10 Å². The Kier molecular flexibility index (Phi) is 1.98. The van der Waals surface area contributed by atoms with Crippen LogP contribution in [-0.2, 0) is 4.74 Å². The van der Waals surface area contributed by atoms with Gasteiger partial charge in [-0.25, -0.2) is 0 Å². The quantitative estimate of drug-likeness (QED) is 0.762. The standard InChI is InChI=1S/C7H11N3OS/c1-7(4-11-5-7)3-8-6-2-9-10-12-6/h2,8H,3-5H2,1H3. The van der Waals surface area contributed by atoms with Crippen LogP contribution in [0.15, 0.2) is 6.20 Å². The van der Waals surface area contributed by atoms with E-state index in [1.54, 1.807) is 6.20 Å². The highest BCUT2D eigenvalue weighted by atomic mass is 32.1. The van der Waals surface area contributed by atoms with Crippen molar-refractivity contribution in [3.05, 3.63) is 6.20 Å². The van der Waals surface area contributed by atoms with Gasteiger partial charge in [0.05, 0.1) is 19.4 Å². The Bertz CT molecular complexity index is 245. The predicted octanol–water partition coefficient (Wildman–Crippen LogP) is 0.986. The molecule has 0 aliphatic carbocycles. The molecular weight excluding hydrogens is 174 g/mol. The van der Waals surface area contributed by atoms with E-state index in [1.165, 1.54) is 11.5 Å². The average Bonchev–Trinajstić information content (AvgIpc) is 2.49. The summed E-state index contributed by atoms with van der Waals surface area (Å²) in [6, 6.07) is 0. The minimum Gasteiger partial charge on any atom is -0.380 e. The molecule has 0 unspecified atom stereocenters. The molecule has 2 rings (SSSR count). The first-order valence-electron chi connectivity index (χ1n) is 3.88. The lowest BCUT2D eigenvalue weighted by atomic mass is 9.89. The minimum absolute atomic E-state index is 0.310. The van der Waals surface area contributed by atoms with Crippen molar-refractivity contribution in [3.63, 3.8) is 0 Å². The molecule has 1 aromatic rings. The third-order valence-corrected chi connectivity index (χ3v) is 2.57. The molecule has 5 heteroatoms. The maximum Gasteiger partial charge on any atom is 0.130 e. The highest BCUT2D eigenvalue weighted by Crippen LogP contribution is 2.26. The van der Waals surface area contributed by atoms with Crippen molar-refractivity contribution in [2.24, 2.45) is 5.41 Å². The summed E-state index contributed by atoms with van der Waals surface area (Å²) in [6.07, 6.45) is 1.74. The lowest BCUT2D eigenvalue weighted by Gasteiger charge is -2.38. The van der Waals surface area contributed by atoms with Crippen molar-refractivity contribution in [3.8, 4) is 0 Å². The molecule has 0 amide bonds. The summed E-state index contributed by atoms with van der Waals surface area (Å²) in [5, 5.41) is 8.05. The fraction of sp³-hybridized carbons (Fsp3) is 0.714. The first-order valence-corrected chi connectivity index (χ1v) is 4.65. The molecule has 1 aliphatic heterocycles. The van der Waals surface area contributed by atoms with Crippen LogP contribution in [0.25, 0.3) is 0 Å². The smallest absolute Gasteiger partial charge is 0.130 e. The molecule has 2 heterocycles. The van der Waals surface area contributed by atoms with Gasteiger partial charge in [-0.05, 0) is 0 Å². The maximum atomic E-state index is 5.14. The third kappa shape index (κ3) is 1.56. The second-order valence-corrected chi connectivity index (χ2v) is 4.22. The second-order valence-electron chi connectivity index (χ2n) is 3.44. The van der Waals surface area contributed by atoms with Gasteiger partial charge in [-0.1, -0.05) is 11.4 Å². The zero-order valence-electron chi connectivity index (χ0n) is 6.91. The largest absolute Gasteiger partial charge is 0.380 e. The van der Waals surface area contributed by atoms with Crippen LogP contribution in [0, 0.1) is 5.41 Å². The number of anilines is 1. The minimum atomic E-state index is 0.310. The fourth-order valence-corrected chi connectivity index (χ4v) is 1.51. The van der Waals surface area contributed by atoms with Crippen LogP contribution >= 0.6 is 11.5 Å². The number of aromatic nitrogens is 2. The summed E-state index contributed by atoms with van der Waals surface area (Å²) in [7, 11) is 0. The van der Waals surface area contributed by atoms with Crippen LogP contribution in [-0.4, -0.2) is 29.3 Å². The molecule has 1 aliphatic rings. The number of nitrogens with zero attached hydrogens (tertiary/aromatic N) is 2. The highest BCUT2D eigenvalue weighted by molar-refractivity contribution is 7.09.